The van der Waals surface area contributed by atoms with Gasteiger partial charge in [0.2, 0.25) is 0 Å². The maximum absolute atomic E-state index is 12.2. The molecule has 0 saturated heterocycles. The van der Waals surface area contributed by atoms with E-state index in [4.69, 9.17) is 0 Å². The van der Waals surface area contributed by atoms with Crippen molar-refractivity contribution in [3.63, 3.8) is 0 Å². The molecule has 3 rings (SSSR count). The van der Waals surface area contributed by atoms with Crippen molar-refractivity contribution in [2.45, 2.75) is 18.6 Å². The molecule has 0 bridgehead atoms. The lowest BCUT2D eigenvalue weighted by molar-refractivity contribution is -0.384. The molecule has 32 heavy (non-hydrogen) atoms. The number of carbonyl (C=O) groups excluding carboxylic acids is 1. The third kappa shape index (κ3) is 6.34. The number of aromatic nitrogens is 3. The van der Waals surface area contributed by atoms with Crippen LogP contribution in [0, 0.1) is 10.1 Å². The van der Waals surface area contributed by atoms with E-state index in [0.29, 0.717) is 23.1 Å². The largest absolute Gasteiger partial charge is 0.298 e. The fraction of sp³-hybridized carbons (Fsp3) is 0.143. The van der Waals surface area contributed by atoms with E-state index in [1.54, 1.807) is 12.1 Å². The van der Waals surface area contributed by atoms with E-state index >= 15 is 0 Å². The van der Waals surface area contributed by atoms with Crippen molar-refractivity contribution < 1.29 is 9.72 Å². The Morgan fingerprint density at radius 2 is 1.94 bits per heavy atom. The first kappa shape index (κ1) is 23.4. The molecule has 3 aromatic rings. The molecule has 0 unspecified atom stereocenters. The molecule has 164 valence electrons. The van der Waals surface area contributed by atoms with E-state index in [-0.39, 0.29) is 17.3 Å². The number of halogens is 1. The second-order valence-electron chi connectivity index (χ2n) is 6.79. The van der Waals surface area contributed by atoms with Crippen molar-refractivity contribution in [2.24, 2.45) is 5.10 Å². The molecule has 0 saturated carbocycles. The van der Waals surface area contributed by atoms with Crippen LogP contribution in [0.25, 0.3) is 11.4 Å². The van der Waals surface area contributed by atoms with Crippen LogP contribution < -0.4 is 5.43 Å². The average Bonchev–Trinajstić information content (AvgIpc) is 3.15. The predicted octanol–water partition coefficient (Wildman–Crippen LogP) is 4.43. The molecule has 1 aromatic heterocycles. The number of benzene rings is 2. The fourth-order valence-electron chi connectivity index (χ4n) is 2.64. The smallest absolute Gasteiger partial charge is 0.269 e. The summed E-state index contributed by atoms with van der Waals surface area (Å²) in [4.78, 5) is 22.4. The lowest BCUT2D eigenvalue weighted by atomic mass is 10.2. The zero-order chi connectivity index (χ0) is 23.1. The van der Waals surface area contributed by atoms with Crippen LogP contribution in [0.1, 0.15) is 12.5 Å². The Balaban J connectivity index is 1.62. The summed E-state index contributed by atoms with van der Waals surface area (Å²) in [7, 11) is 0. The summed E-state index contributed by atoms with van der Waals surface area (Å²) in [5.74, 6) is 0.467. The number of hydrogen-bond acceptors (Lipinski definition) is 7. The van der Waals surface area contributed by atoms with Crippen LogP contribution in [0.4, 0.5) is 5.69 Å². The van der Waals surface area contributed by atoms with Gasteiger partial charge < -0.3 is 0 Å². The van der Waals surface area contributed by atoms with Gasteiger partial charge >= 0.3 is 0 Å². The number of non-ortho nitro benzene ring substituents is 1. The molecule has 0 aliphatic carbocycles. The summed E-state index contributed by atoms with van der Waals surface area (Å²) in [6, 6.07) is 13.6. The van der Waals surface area contributed by atoms with Crippen LogP contribution in [0.5, 0.6) is 0 Å². The van der Waals surface area contributed by atoms with Crippen molar-refractivity contribution in [1.29, 1.82) is 0 Å². The van der Waals surface area contributed by atoms with Gasteiger partial charge in [-0.3, -0.25) is 19.5 Å². The molecule has 0 spiro atoms. The summed E-state index contributed by atoms with van der Waals surface area (Å²) in [6.07, 6.45) is 1.42. The number of carbonyl (C=O) groups is 1. The molecule has 1 N–H and O–H groups in total. The van der Waals surface area contributed by atoms with Crippen molar-refractivity contribution in [2.75, 3.05) is 5.75 Å². The lowest BCUT2D eigenvalue weighted by Gasteiger charge is -2.10. The number of nitrogens with one attached hydrogen (secondary N) is 1. The van der Waals surface area contributed by atoms with Gasteiger partial charge in [-0.25, -0.2) is 5.43 Å². The highest BCUT2D eigenvalue weighted by Crippen LogP contribution is 2.26. The number of nitro benzene ring substituents is 1. The highest BCUT2D eigenvalue weighted by Gasteiger charge is 2.16. The third-order valence-electron chi connectivity index (χ3n) is 4.09. The van der Waals surface area contributed by atoms with Crippen LogP contribution in [0.2, 0.25) is 0 Å². The Labute approximate surface area is 196 Å². The normalized spacial score (nSPS) is 10.9. The molecule has 0 atom stereocenters. The zero-order valence-electron chi connectivity index (χ0n) is 17.1. The SMILES string of the molecule is C=C(C)Cn1c(SCC(=O)N/N=C/c2ccc([N+](=O)[O-])cc2)nnc1-c1ccc(Br)cc1. The standard InChI is InChI=1S/C21H19BrN6O3S/c1-14(2)12-27-20(16-5-7-17(22)8-6-16)25-26-21(27)32-13-19(29)24-23-11-15-3-9-18(10-4-15)28(30)31/h3-11H,1,12-13H2,2H3,(H,24,29)/b23-11+. The summed E-state index contributed by atoms with van der Waals surface area (Å²) in [5, 5.41) is 23.7. The molecule has 0 radical (unpaired) electrons. The van der Waals surface area contributed by atoms with E-state index in [0.717, 1.165) is 15.6 Å². The van der Waals surface area contributed by atoms with Crippen LogP contribution in [0.3, 0.4) is 0 Å². The van der Waals surface area contributed by atoms with Gasteiger partial charge in [-0.1, -0.05) is 52.0 Å². The quantitative estimate of drug-likeness (QED) is 0.148. The van der Waals surface area contributed by atoms with Crippen LogP contribution in [0.15, 0.2) is 75.4 Å². The van der Waals surface area contributed by atoms with E-state index < -0.39 is 4.92 Å². The number of nitro groups is 1. The summed E-state index contributed by atoms with van der Waals surface area (Å²) in [5.41, 5.74) is 4.90. The summed E-state index contributed by atoms with van der Waals surface area (Å²) >= 11 is 4.67. The number of allylic oxidation sites excluding steroid dienone is 1. The van der Waals surface area contributed by atoms with Gasteiger partial charge in [0, 0.05) is 28.7 Å². The maximum Gasteiger partial charge on any atom is 0.269 e. The number of thioether (sulfide) groups is 1. The second kappa shape index (κ2) is 10.8. The maximum atomic E-state index is 12.2. The van der Waals surface area contributed by atoms with E-state index in [1.807, 2.05) is 35.8 Å². The Kier molecular flexibility index (Phi) is 7.90. The lowest BCUT2D eigenvalue weighted by Crippen LogP contribution is -2.20. The van der Waals surface area contributed by atoms with Gasteiger partial charge in [0.15, 0.2) is 11.0 Å². The number of hydrogen-bond donors (Lipinski definition) is 1. The second-order valence-corrected chi connectivity index (χ2v) is 8.64. The predicted molar refractivity (Wildman–Crippen MR) is 128 cm³/mol. The van der Waals surface area contributed by atoms with Crippen LogP contribution >= 0.6 is 27.7 Å². The summed E-state index contributed by atoms with van der Waals surface area (Å²) < 4.78 is 2.89. The Morgan fingerprint density at radius 1 is 1.25 bits per heavy atom. The Morgan fingerprint density at radius 3 is 2.56 bits per heavy atom. The van der Waals surface area contributed by atoms with Gasteiger partial charge in [0.1, 0.15) is 0 Å². The summed E-state index contributed by atoms with van der Waals surface area (Å²) in [6.45, 7) is 6.42. The van der Waals surface area contributed by atoms with Gasteiger partial charge in [0.05, 0.1) is 16.9 Å². The van der Waals surface area contributed by atoms with Gasteiger partial charge in [0.25, 0.3) is 11.6 Å². The minimum Gasteiger partial charge on any atom is -0.298 e. The Hall–Kier alpha value is -3.31. The van der Waals surface area contributed by atoms with Crippen molar-refractivity contribution >= 4 is 45.5 Å². The van der Waals surface area contributed by atoms with Crippen molar-refractivity contribution in [3.8, 4) is 11.4 Å². The molecular weight excluding hydrogens is 496 g/mol. The van der Waals surface area contributed by atoms with E-state index in [2.05, 4.69) is 43.2 Å². The molecule has 0 fully saturated rings. The highest BCUT2D eigenvalue weighted by molar-refractivity contribution is 9.10. The minimum absolute atomic E-state index is 0.0102. The monoisotopic (exact) mass is 514 g/mol. The molecule has 2 aromatic carbocycles. The fourth-order valence-corrected chi connectivity index (χ4v) is 3.64. The van der Waals surface area contributed by atoms with Crippen LogP contribution in [-0.4, -0.2) is 37.6 Å². The van der Waals surface area contributed by atoms with Crippen molar-refractivity contribution in [3.05, 3.63) is 80.8 Å². The van der Waals surface area contributed by atoms with Crippen LogP contribution in [-0.2, 0) is 11.3 Å². The molecule has 1 amide bonds. The van der Waals surface area contributed by atoms with Gasteiger partial charge in [-0.05, 0) is 36.8 Å². The molecule has 0 aliphatic heterocycles. The zero-order valence-corrected chi connectivity index (χ0v) is 19.5. The molecule has 9 nitrogen and oxygen atoms in total. The third-order valence-corrected chi connectivity index (χ3v) is 5.58. The molecule has 1 heterocycles. The number of hydrazone groups is 1. The highest BCUT2D eigenvalue weighted by atomic mass is 79.9. The van der Waals surface area contributed by atoms with E-state index in [9.17, 15) is 14.9 Å². The molecular formula is C21H19BrN6O3S. The number of nitrogens with zero attached hydrogens (tertiary/aromatic N) is 5. The van der Waals surface area contributed by atoms with Gasteiger partial charge in [-0.2, -0.15) is 5.10 Å². The average molecular weight is 515 g/mol. The Bertz CT molecular complexity index is 1160. The van der Waals surface area contributed by atoms with Gasteiger partial charge in [-0.15, -0.1) is 10.2 Å². The van der Waals surface area contributed by atoms with E-state index in [1.165, 1.54) is 30.1 Å². The number of rotatable bonds is 9. The van der Waals surface area contributed by atoms with Crippen molar-refractivity contribution in [1.82, 2.24) is 20.2 Å². The first-order valence-corrected chi connectivity index (χ1v) is 11.1. The topological polar surface area (TPSA) is 115 Å². The first-order chi connectivity index (χ1) is 15.3. The first-order valence-electron chi connectivity index (χ1n) is 9.36. The number of amides is 1. The minimum atomic E-state index is -0.478. The molecule has 0 aliphatic rings. The molecule has 11 heteroatoms.